The average molecular weight is 255 g/mol. The Morgan fingerprint density at radius 3 is 2.68 bits per heavy atom. The van der Waals surface area contributed by atoms with Crippen molar-refractivity contribution in [3.63, 3.8) is 0 Å². The standard InChI is InChI=1S/C16H21N3/c1-2-17-16(12-7-3-4-8-12)15-11-18-13-9-5-6-10-14(13)19-15/h5-6,9-12,16-17H,2-4,7-8H2,1H3. The molecule has 3 heteroatoms. The molecule has 100 valence electrons. The van der Waals surface area contributed by atoms with Crippen molar-refractivity contribution in [2.24, 2.45) is 5.92 Å². The topological polar surface area (TPSA) is 37.8 Å². The van der Waals surface area contributed by atoms with Crippen LogP contribution in [0.3, 0.4) is 0 Å². The minimum Gasteiger partial charge on any atom is -0.309 e. The van der Waals surface area contributed by atoms with Crippen molar-refractivity contribution in [3.05, 3.63) is 36.2 Å². The van der Waals surface area contributed by atoms with Gasteiger partial charge in [0, 0.05) is 0 Å². The summed E-state index contributed by atoms with van der Waals surface area (Å²) in [6, 6.07) is 8.46. The van der Waals surface area contributed by atoms with Crippen LogP contribution in [0.5, 0.6) is 0 Å². The molecule has 0 aliphatic heterocycles. The highest BCUT2D eigenvalue weighted by Gasteiger charge is 2.26. The lowest BCUT2D eigenvalue weighted by Crippen LogP contribution is -2.28. The second-order valence-corrected chi connectivity index (χ2v) is 5.36. The summed E-state index contributed by atoms with van der Waals surface area (Å²) in [5.74, 6) is 0.718. The number of benzene rings is 1. The fourth-order valence-corrected chi connectivity index (χ4v) is 3.14. The van der Waals surface area contributed by atoms with Crippen LogP contribution < -0.4 is 5.32 Å². The zero-order valence-corrected chi connectivity index (χ0v) is 11.5. The van der Waals surface area contributed by atoms with Crippen molar-refractivity contribution in [3.8, 4) is 0 Å². The van der Waals surface area contributed by atoms with Gasteiger partial charge in [-0.3, -0.25) is 4.98 Å². The minimum atomic E-state index is 0.365. The molecule has 0 spiro atoms. The molecule has 0 radical (unpaired) electrons. The largest absolute Gasteiger partial charge is 0.309 e. The van der Waals surface area contributed by atoms with Gasteiger partial charge >= 0.3 is 0 Å². The summed E-state index contributed by atoms with van der Waals surface area (Å²) in [7, 11) is 0. The van der Waals surface area contributed by atoms with Crippen LogP contribution in [0.25, 0.3) is 11.0 Å². The third-order valence-corrected chi connectivity index (χ3v) is 4.08. The average Bonchev–Trinajstić information content (AvgIpc) is 2.98. The molecule has 1 aliphatic rings. The van der Waals surface area contributed by atoms with Crippen molar-refractivity contribution in [2.45, 2.75) is 38.6 Å². The Morgan fingerprint density at radius 2 is 1.95 bits per heavy atom. The van der Waals surface area contributed by atoms with Gasteiger partial charge in [0.05, 0.1) is 29.0 Å². The van der Waals surface area contributed by atoms with Crippen LogP contribution in [-0.4, -0.2) is 16.5 Å². The third-order valence-electron chi connectivity index (χ3n) is 4.08. The normalized spacial score (nSPS) is 17.9. The number of hydrogen-bond acceptors (Lipinski definition) is 3. The Kier molecular flexibility index (Phi) is 3.74. The fraction of sp³-hybridized carbons (Fsp3) is 0.500. The number of aromatic nitrogens is 2. The molecule has 1 aromatic carbocycles. The molecule has 19 heavy (non-hydrogen) atoms. The Labute approximate surface area is 114 Å². The third kappa shape index (κ3) is 2.61. The molecule has 1 fully saturated rings. The van der Waals surface area contributed by atoms with Crippen LogP contribution >= 0.6 is 0 Å². The van der Waals surface area contributed by atoms with E-state index >= 15 is 0 Å². The van der Waals surface area contributed by atoms with E-state index in [0.29, 0.717) is 6.04 Å². The molecule has 1 aliphatic carbocycles. The van der Waals surface area contributed by atoms with Gasteiger partial charge in [-0.1, -0.05) is 31.9 Å². The van der Waals surface area contributed by atoms with Gasteiger partial charge in [-0.25, -0.2) is 4.98 Å². The maximum atomic E-state index is 4.81. The van der Waals surface area contributed by atoms with Crippen molar-refractivity contribution in [1.29, 1.82) is 0 Å². The van der Waals surface area contributed by atoms with E-state index in [2.05, 4.69) is 17.2 Å². The summed E-state index contributed by atoms with van der Waals surface area (Å²) in [5.41, 5.74) is 3.08. The zero-order chi connectivity index (χ0) is 13.1. The first-order valence-corrected chi connectivity index (χ1v) is 7.33. The summed E-state index contributed by atoms with van der Waals surface area (Å²) < 4.78 is 0. The van der Waals surface area contributed by atoms with Crippen LogP contribution in [0.4, 0.5) is 0 Å². The monoisotopic (exact) mass is 255 g/mol. The summed E-state index contributed by atoms with van der Waals surface area (Å²) >= 11 is 0. The van der Waals surface area contributed by atoms with E-state index in [1.807, 2.05) is 30.5 Å². The highest BCUT2D eigenvalue weighted by atomic mass is 15.0. The fourth-order valence-electron chi connectivity index (χ4n) is 3.14. The summed E-state index contributed by atoms with van der Waals surface area (Å²) in [5, 5.41) is 3.60. The minimum absolute atomic E-state index is 0.365. The van der Waals surface area contributed by atoms with Crippen molar-refractivity contribution >= 4 is 11.0 Å². The molecule has 0 saturated heterocycles. The van der Waals surface area contributed by atoms with E-state index < -0.39 is 0 Å². The van der Waals surface area contributed by atoms with Gasteiger partial charge < -0.3 is 5.32 Å². The second-order valence-electron chi connectivity index (χ2n) is 5.36. The summed E-state index contributed by atoms with van der Waals surface area (Å²) in [4.78, 5) is 9.37. The molecule has 1 aromatic heterocycles. The Balaban J connectivity index is 1.94. The van der Waals surface area contributed by atoms with E-state index in [-0.39, 0.29) is 0 Å². The molecule has 0 amide bonds. The van der Waals surface area contributed by atoms with Crippen molar-refractivity contribution in [2.75, 3.05) is 6.54 Å². The van der Waals surface area contributed by atoms with Crippen molar-refractivity contribution < 1.29 is 0 Å². The highest BCUT2D eigenvalue weighted by Crippen LogP contribution is 2.35. The smallest absolute Gasteiger partial charge is 0.0890 e. The Hall–Kier alpha value is -1.48. The zero-order valence-electron chi connectivity index (χ0n) is 11.5. The molecule has 1 heterocycles. The van der Waals surface area contributed by atoms with E-state index in [4.69, 9.17) is 4.98 Å². The molecule has 0 bridgehead atoms. The number of nitrogens with one attached hydrogen (secondary N) is 1. The van der Waals surface area contributed by atoms with Gasteiger partial charge in [-0.15, -0.1) is 0 Å². The molecule has 1 unspecified atom stereocenters. The van der Waals surface area contributed by atoms with E-state index in [9.17, 15) is 0 Å². The molecule has 1 N–H and O–H groups in total. The van der Waals surface area contributed by atoms with Gasteiger partial charge in [-0.2, -0.15) is 0 Å². The molecule has 3 rings (SSSR count). The molecular formula is C16H21N3. The Bertz CT molecular complexity index is 546. The van der Waals surface area contributed by atoms with Crippen LogP contribution in [0.1, 0.15) is 44.3 Å². The van der Waals surface area contributed by atoms with Gasteiger partial charge in [-0.05, 0) is 37.4 Å². The lowest BCUT2D eigenvalue weighted by Gasteiger charge is -2.23. The van der Waals surface area contributed by atoms with E-state index in [0.717, 1.165) is 29.2 Å². The van der Waals surface area contributed by atoms with Gasteiger partial charge in [0.2, 0.25) is 0 Å². The molecule has 1 atom stereocenters. The van der Waals surface area contributed by atoms with Crippen LogP contribution in [-0.2, 0) is 0 Å². The Morgan fingerprint density at radius 1 is 1.21 bits per heavy atom. The first kappa shape index (κ1) is 12.5. The van der Waals surface area contributed by atoms with E-state index in [1.54, 1.807) is 0 Å². The first-order chi connectivity index (χ1) is 9.38. The summed E-state index contributed by atoms with van der Waals surface area (Å²) in [6.45, 7) is 3.14. The molecule has 2 aromatic rings. The second kappa shape index (κ2) is 5.66. The van der Waals surface area contributed by atoms with Crippen LogP contribution in [0.15, 0.2) is 30.5 Å². The number of nitrogens with zero attached hydrogens (tertiary/aromatic N) is 2. The highest BCUT2D eigenvalue weighted by molar-refractivity contribution is 5.73. The lowest BCUT2D eigenvalue weighted by atomic mass is 9.95. The number of para-hydroxylation sites is 2. The number of hydrogen-bond donors (Lipinski definition) is 1. The van der Waals surface area contributed by atoms with Crippen LogP contribution in [0, 0.1) is 5.92 Å². The van der Waals surface area contributed by atoms with Gasteiger partial charge in [0.1, 0.15) is 0 Å². The maximum Gasteiger partial charge on any atom is 0.0890 e. The first-order valence-electron chi connectivity index (χ1n) is 7.33. The predicted octanol–water partition coefficient (Wildman–Crippen LogP) is 3.47. The van der Waals surface area contributed by atoms with Gasteiger partial charge in [0.25, 0.3) is 0 Å². The van der Waals surface area contributed by atoms with Crippen molar-refractivity contribution in [1.82, 2.24) is 15.3 Å². The van der Waals surface area contributed by atoms with E-state index in [1.165, 1.54) is 25.7 Å². The molecular weight excluding hydrogens is 234 g/mol. The number of fused-ring (bicyclic) bond motifs is 1. The molecule has 3 nitrogen and oxygen atoms in total. The lowest BCUT2D eigenvalue weighted by molar-refractivity contribution is 0.367. The summed E-state index contributed by atoms with van der Waals surface area (Å²) in [6.07, 6.45) is 7.29. The predicted molar refractivity (Wildman–Crippen MR) is 77.9 cm³/mol. The number of rotatable bonds is 4. The van der Waals surface area contributed by atoms with Gasteiger partial charge in [0.15, 0.2) is 0 Å². The maximum absolute atomic E-state index is 4.81. The quantitative estimate of drug-likeness (QED) is 0.909. The SMILES string of the molecule is CCNC(c1cnc2ccccc2n1)C1CCCC1. The molecule has 1 saturated carbocycles. The van der Waals surface area contributed by atoms with Crippen LogP contribution in [0.2, 0.25) is 0 Å².